The van der Waals surface area contributed by atoms with Gasteiger partial charge in [0.2, 0.25) is 0 Å². The van der Waals surface area contributed by atoms with E-state index in [1.54, 1.807) is 0 Å². The largest absolute Gasteiger partial charge is 0.322 e. The lowest BCUT2D eigenvalue weighted by Gasteiger charge is -2.20. The fourth-order valence-electron chi connectivity index (χ4n) is 1.06. The molecule has 2 heteroatoms. The molecule has 0 aromatic carbocycles. The highest BCUT2D eigenvalue weighted by atomic mass is 16.1. The van der Waals surface area contributed by atoms with E-state index in [0.29, 0.717) is 5.78 Å². The Morgan fingerprint density at radius 1 is 1.50 bits per heavy atom. The van der Waals surface area contributed by atoms with Gasteiger partial charge in [0.05, 0.1) is 27.1 Å². The summed E-state index contributed by atoms with van der Waals surface area (Å²) in [5, 5.41) is 0. The summed E-state index contributed by atoms with van der Waals surface area (Å²) in [7, 11) is 4.18. The third-order valence-corrected chi connectivity index (χ3v) is 1.60. The second-order valence-corrected chi connectivity index (χ2v) is 3.11. The molecular weight excluding hydrogens is 102 g/mol. The molecule has 1 rings (SSSR count). The zero-order chi connectivity index (χ0) is 6.20. The average Bonchev–Trinajstić information content (AvgIpc) is 1.82. The summed E-state index contributed by atoms with van der Waals surface area (Å²) in [5.74, 6) is 0.412. The van der Waals surface area contributed by atoms with Crippen molar-refractivity contribution in [2.45, 2.75) is 6.42 Å². The molecule has 0 amide bonds. The van der Waals surface area contributed by atoms with E-state index in [9.17, 15) is 4.79 Å². The van der Waals surface area contributed by atoms with Gasteiger partial charge >= 0.3 is 0 Å². The highest BCUT2D eigenvalue weighted by Crippen LogP contribution is 2.08. The highest BCUT2D eigenvalue weighted by Gasteiger charge is 2.27. The Balaban J connectivity index is 2.56. The highest BCUT2D eigenvalue weighted by molar-refractivity contribution is 5.80. The van der Waals surface area contributed by atoms with E-state index in [2.05, 4.69) is 14.1 Å². The monoisotopic (exact) mass is 114 g/mol. The van der Waals surface area contributed by atoms with Crippen LogP contribution in [-0.4, -0.2) is 37.5 Å². The number of quaternary nitrogens is 1. The molecule has 0 atom stereocenters. The van der Waals surface area contributed by atoms with Gasteiger partial charge in [0.25, 0.3) is 0 Å². The Bertz CT molecular complexity index is 118. The number of likely N-dealkylation sites (N-methyl/N-ethyl adjacent to an activating group) is 1. The van der Waals surface area contributed by atoms with E-state index in [-0.39, 0.29) is 0 Å². The SMILES string of the molecule is C[N+]1(C)CCC(=O)C1. The van der Waals surface area contributed by atoms with Crippen molar-refractivity contribution in [2.24, 2.45) is 0 Å². The van der Waals surface area contributed by atoms with Crippen molar-refractivity contribution in [3.05, 3.63) is 0 Å². The van der Waals surface area contributed by atoms with Gasteiger partial charge in [0.1, 0.15) is 6.54 Å². The Hall–Kier alpha value is -0.370. The predicted molar refractivity (Wildman–Crippen MR) is 31.5 cm³/mol. The lowest BCUT2D eigenvalue weighted by atomic mass is 10.4. The molecule has 0 aromatic rings. The first kappa shape index (κ1) is 5.76. The van der Waals surface area contributed by atoms with Crippen LogP contribution >= 0.6 is 0 Å². The molecule has 1 fully saturated rings. The molecule has 0 spiro atoms. The summed E-state index contributed by atoms with van der Waals surface area (Å²) in [4.78, 5) is 10.6. The van der Waals surface area contributed by atoms with E-state index < -0.39 is 0 Å². The standard InChI is InChI=1S/C6H12NO/c1-7(2)4-3-6(8)5-7/h3-5H2,1-2H3/q+1. The number of hydrogen-bond acceptors (Lipinski definition) is 1. The molecule has 0 radical (unpaired) electrons. The van der Waals surface area contributed by atoms with Crippen LogP contribution in [-0.2, 0) is 4.79 Å². The van der Waals surface area contributed by atoms with Crippen LogP contribution in [0.2, 0.25) is 0 Å². The molecule has 0 aliphatic carbocycles. The van der Waals surface area contributed by atoms with Crippen molar-refractivity contribution in [2.75, 3.05) is 27.2 Å². The average molecular weight is 114 g/mol. The maximum absolute atomic E-state index is 10.6. The van der Waals surface area contributed by atoms with Gasteiger partial charge in [-0.3, -0.25) is 4.79 Å². The van der Waals surface area contributed by atoms with E-state index in [1.807, 2.05) is 0 Å². The zero-order valence-corrected chi connectivity index (χ0v) is 5.48. The lowest BCUT2D eigenvalue weighted by Crippen LogP contribution is -2.36. The number of rotatable bonds is 0. The lowest BCUT2D eigenvalue weighted by molar-refractivity contribution is -0.874. The van der Waals surface area contributed by atoms with Crippen molar-refractivity contribution >= 4 is 5.78 Å². The van der Waals surface area contributed by atoms with Crippen LogP contribution in [0.4, 0.5) is 0 Å². The van der Waals surface area contributed by atoms with Gasteiger partial charge in [-0.25, -0.2) is 0 Å². The first-order valence-electron chi connectivity index (χ1n) is 2.94. The second kappa shape index (κ2) is 1.55. The van der Waals surface area contributed by atoms with E-state index in [1.165, 1.54) is 0 Å². The fourth-order valence-corrected chi connectivity index (χ4v) is 1.06. The predicted octanol–water partition coefficient (Wildman–Crippen LogP) is 0.0356. The number of Topliss-reactive ketones (excluding diaryl/α,β-unsaturated/α-hetero) is 1. The maximum atomic E-state index is 10.6. The van der Waals surface area contributed by atoms with Crippen LogP contribution in [0, 0.1) is 0 Å². The van der Waals surface area contributed by atoms with Crippen LogP contribution in [0.25, 0.3) is 0 Å². The normalized spacial score (nSPS) is 26.5. The van der Waals surface area contributed by atoms with Crippen molar-refractivity contribution in [3.8, 4) is 0 Å². The zero-order valence-electron chi connectivity index (χ0n) is 5.48. The van der Waals surface area contributed by atoms with Gasteiger partial charge in [-0.05, 0) is 0 Å². The number of ketones is 1. The van der Waals surface area contributed by atoms with Gasteiger partial charge < -0.3 is 4.48 Å². The first-order chi connectivity index (χ1) is 3.60. The number of carbonyl (C=O) groups excluding carboxylic acids is 1. The van der Waals surface area contributed by atoms with E-state index in [4.69, 9.17) is 0 Å². The van der Waals surface area contributed by atoms with Crippen LogP contribution < -0.4 is 0 Å². The molecule has 2 nitrogen and oxygen atoms in total. The van der Waals surface area contributed by atoms with Gasteiger partial charge in [-0.1, -0.05) is 0 Å². The Kier molecular flexibility index (Phi) is 1.12. The van der Waals surface area contributed by atoms with Crippen LogP contribution in [0.3, 0.4) is 0 Å². The summed E-state index contributed by atoms with van der Waals surface area (Å²) in [6.07, 6.45) is 0.785. The molecule has 1 aliphatic heterocycles. The molecule has 0 N–H and O–H groups in total. The molecular formula is C6H12NO+. The maximum Gasteiger partial charge on any atom is 0.192 e. The van der Waals surface area contributed by atoms with E-state index in [0.717, 1.165) is 24.0 Å². The summed E-state index contributed by atoms with van der Waals surface area (Å²) >= 11 is 0. The topological polar surface area (TPSA) is 17.1 Å². The first-order valence-corrected chi connectivity index (χ1v) is 2.94. The minimum atomic E-state index is 0.412. The molecule has 0 bridgehead atoms. The summed E-state index contributed by atoms with van der Waals surface area (Å²) in [5.41, 5.74) is 0. The smallest absolute Gasteiger partial charge is 0.192 e. The molecule has 8 heavy (non-hydrogen) atoms. The number of likely N-dealkylation sites (tertiary alicyclic amines) is 1. The molecule has 0 aromatic heterocycles. The fraction of sp³-hybridized carbons (Fsp3) is 0.833. The number of carbonyl (C=O) groups is 1. The second-order valence-electron chi connectivity index (χ2n) is 3.11. The van der Waals surface area contributed by atoms with Crippen molar-refractivity contribution in [3.63, 3.8) is 0 Å². The van der Waals surface area contributed by atoms with Crippen molar-refractivity contribution in [1.82, 2.24) is 0 Å². The summed E-state index contributed by atoms with van der Waals surface area (Å²) < 4.78 is 0.888. The molecule has 1 heterocycles. The Morgan fingerprint density at radius 2 is 2.12 bits per heavy atom. The summed E-state index contributed by atoms with van der Waals surface area (Å²) in [6, 6.07) is 0. The van der Waals surface area contributed by atoms with Crippen molar-refractivity contribution < 1.29 is 9.28 Å². The number of nitrogens with zero attached hydrogens (tertiary/aromatic N) is 1. The van der Waals surface area contributed by atoms with E-state index >= 15 is 0 Å². The third-order valence-electron chi connectivity index (χ3n) is 1.60. The Labute approximate surface area is 49.7 Å². The van der Waals surface area contributed by atoms with Crippen LogP contribution in [0.15, 0.2) is 0 Å². The van der Waals surface area contributed by atoms with Crippen LogP contribution in [0.5, 0.6) is 0 Å². The summed E-state index contributed by atoms with van der Waals surface area (Å²) in [6.45, 7) is 1.76. The van der Waals surface area contributed by atoms with Crippen LogP contribution in [0.1, 0.15) is 6.42 Å². The third kappa shape index (κ3) is 1.07. The Morgan fingerprint density at radius 3 is 2.25 bits per heavy atom. The number of hydrogen-bond donors (Lipinski definition) is 0. The minimum absolute atomic E-state index is 0.412. The minimum Gasteiger partial charge on any atom is -0.322 e. The van der Waals surface area contributed by atoms with Gasteiger partial charge in [0.15, 0.2) is 5.78 Å². The molecule has 1 saturated heterocycles. The van der Waals surface area contributed by atoms with Gasteiger partial charge in [-0.2, -0.15) is 0 Å². The molecule has 0 unspecified atom stereocenters. The van der Waals surface area contributed by atoms with Gasteiger partial charge in [0, 0.05) is 0 Å². The van der Waals surface area contributed by atoms with Gasteiger partial charge in [-0.15, -0.1) is 0 Å². The quantitative estimate of drug-likeness (QED) is 0.406. The molecule has 0 saturated carbocycles. The van der Waals surface area contributed by atoms with Crippen molar-refractivity contribution in [1.29, 1.82) is 0 Å². The molecule has 1 aliphatic rings. The molecule has 46 valence electrons.